The van der Waals surface area contributed by atoms with E-state index in [2.05, 4.69) is 10.6 Å². The number of anilines is 2. The summed E-state index contributed by atoms with van der Waals surface area (Å²) in [5, 5.41) is 22.8. The largest absolute Gasteiger partial charge is 0.481 e. The molecule has 1 aromatic carbocycles. The molecule has 0 saturated heterocycles. The van der Waals surface area contributed by atoms with Crippen molar-refractivity contribution < 1.29 is 24.6 Å². The first-order chi connectivity index (χ1) is 8.49. The number of carboxylic acid groups (broad SMARTS) is 2. The number of carbonyl (C=O) groups is 3. The van der Waals surface area contributed by atoms with Crippen LogP contribution in [-0.2, 0) is 9.59 Å². The van der Waals surface area contributed by atoms with Gasteiger partial charge in [-0.3, -0.25) is 9.59 Å². The number of carboxylic acids is 2. The van der Waals surface area contributed by atoms with Gasteiger partial charge in [0.25, 0.3) is 0 Å². The van der Waals surface area contributed by atoms with Gasteiger partial charge in [0.1, 0.15) is 6.04 Å². The van der Waals surface area contributed by atoms with Crippen molar-refractivity contribution in [2.75, 3.05) is 10.6 Å². The summed E-state index contributed by atoms with van der Waals surface area (Å²) in [7, 11) is 0. The van der Waals surface area contributed by atoms with Crippen molar-refractivity contribution in [2.24, 2.45) is 0 Å². The summed E-state index contributed by atoms with van der Waals surface area (Å²) in [6.45, 7) is 0. The molecule has 0 aliphatic carbocycles. The van der Waals surface area contributed by atoms with Gasteiger partial charge in [-0.25, -0.2) is 4.79 Å². The fourth-order valence-electron chi connectivity index (χ4n) is 1.77. The second-order valence-electron chi connectivity index (χ2n) is 3.82. The second kappa shape index (κ2) is 4.36. The highest BCUT2D eigenvalue weighted by Gasteiger charge is 2.29. The van der Waals surface area contributed by atoms with E-state index in [0.717, 1.165) is 0 Å². The van der Waals surface area contributed by atoms with Crippen LogP contribution >= 0.6 is 0 Å². The van der Waals surface area contributed by atoms with E-state index in [-0.39, 0.29) is 11.3 Å². The third-order valence-electron chi connectivity index (χ3n) is 2.57. The molecule has 0 spiro atoms. The number of benzene rings is 1. The van der Waals surface area contributed by atoms with Gasteiger partial charge >= 0.3 is 11.9 Å². The summed E-state index contributed by atoms with van der Waals surface area (Å²) < 4.78 is 0. The molecule has 0 fully saturated rings. The quantitative estimate of drug-likeness (QED) is 0.624. The number of nitrogens with one attached hydrogen (secondary N) is 2. The summed E-state index contributed by atoms with van der Waals surface area (Å²) in [5.74, 6) is -2.78. The summed E-state index contributed by atoms with van der Waals surface area (Å²) >= 11 is 0. The molecule has 94 valence electrons. The molecule has 1 unspecified atom stereocenters. The number of hydrogen-bond acceptors (Lipinski definition) is 4. The highest BCUT2D eigenvalue weighted by molar-refractivity contribution is 6.08. The zero-order valence-electron chi connectivity index (χ0n) is 9.14. The lowest BCUT2D eigenvalue weighted by Crippen LogP contribution is -2.40. The van der Waals surface area contributed by atoms with Crippen molar-refractivity contribution in [1.29, 1.82) is 0 Å². The Kier molecular flexibility index (Phi) is 2.88. The second-order valence-corrected chi connectivity index (χ2v) is 3.82. The average Bonchev–Trinajstić information content (AvgIpc) is 2.28. The zero-order valence-corrected chi connectivity index (χ0v) is 9.14. The Morgan fingerprint density at radius 3 is 2.61 bits per heavy atom. The standard InChI is InChI=1S/C11H10N2O5/c14-8(15)4-7-10(16)13-6-3-1-2-5(11(17)18)9(6)12-7/h1-3,7,12H,4H2,(H,13,16)(H,14,15)(H,17,18). The number of hydrogen-bond donors (Lipinski definition) is 4. The van der Waals surface area contributed by atoms with Crippen LogP contribution in [0.15, 0.2) is 18.2 Å². The van der Waals surface area contributed by atoms with E-state index in [1.54, 1.807) is 6.07 Å². The Morgan fingerprint density at radius 1 is 1.28 bits per heavy atom. The molecule has 7 heteroatoms. The van der Waals surface area contributed by atoms with Gasteiger partial charge in [-0.1, -0.05) is 6.07 Å². The number of amides is 1. The van der Waals surface area contributed by atoms with E-state index >= 15 is 0 Å². The maximum atomic E-state index is 11.6. The van der Waals surface area contributed by atoms with Crippen molar-refractivity contribution in [1.82, 2.24) is 0 Å². The van der Waals surface area contributed by atoms with Crippen LogP contribution < -0.4 is 10.6 Å². The predicted octanol–water partition coefficient (Wildman–Crippen LogP) is 0.592. The minimum absolute atomic E-state index is 0.0112. The molecule has 7 nitrogen and oxygen atoms in total. The summed E-state index contributed by atoms with van der Waals surface area (Å²) in [5.41, 5.74) is 0.556. The smallest absolute Gasteiger partial charge is 0.337 e. The summed E-state index contributed by atoms with van der Waals surface area (Å²) in [4.78, 5) is 33.2. The number of aromatic carboxylic acids is 1. The van der Waals surface area contributed by atoms with Gasteiger partial charge in [0.15, 0.2) is 0 Å². The Balaban J connectivity index is 2.38. The normalized spacial score (nSPS) is 17.3. The fourth-order valence-corrected chi connectivity index (χ4v) is 1.77. The van der Waals surface area contributed by atoms with Gasteiger partial charge in [-0.05, 0) is 12.1 Å². The molecule has 1 aliphatic heterocycles. The lowest BCUT2D eigenvalue weighted by molar-refractivity contribution is -0.138. The molecule has 1 aromatic rings. The van der Waals surface area contributed by atoms with Gasteiger partial charge in [0.2, 0.25) is 5.91 Å². The first-order valence-electron chi connectivity index (χ1n) is 5.14. The van der Waals surface area contributed by atoms with Gasteiger partial charge in [0, 0.05) is 0 Å². The molecule has 1 heterocycles. The minimum atomic E-state index is -1.15. The maximum Gasteiger partial charge on any atom is 0.337 e. The van der Waals surface area contributed by atoms with Crippen LogP contribution in [0.3, 0.4) is 0 Å². The van der Waals surface area contributed by atoms with E-state index in [1.165, 1.54) is 12.1 Å². The molecular weight excluding hydrogens is 240 g/mol. The summed E-state index contributed by atoms with van der Waals surface area (Å²) in [6.07, 6.45) is -0.417. The van der Waals surface area contributed by atoms with Crippen LogP contribution in [-0.4, -0.2) is 34.1 Å². The molecule has 1 aliphatic rings. The van der Waals surface area contributed by atoms with Crippen molar-refractivity contribution in [3.8, 4) is 0 Å². The molecule has 0 bridgehead atoms. The van der Waals surface area contributed by atoms with Crippen LogP contribution in [0.4, 0.5) is 11.4 Å². The molecule has 2 rings (SSSR count). The predicted molar refractivity (Wildman–Crippen MR) is 61.7 cm³/mol. The zero-order chi connectivity index (χ0) is 13.3. The molecule has 4 N–H and O–H groups in total. The van der Waals surface area contributed by atoms with E-state index in [4.69, 9.17) is 10.2 Å². The molecule has 0 saturated carbocycles. The molecule has 0 radical (unpaired) electrons. The van der Waals surface area contributed by atoms with Crippen molar-refractivity contribution >= 4 is 29.2 Å². The number of para-hydroxylation sites is 1. The maximum absolute atomic E-state index is 11.6. The monoisotopic (exact) mass is 250 g/mol. The van der Waals surface area contributed by atoms with Crippen LogP contribution in [0.25, 0.3) is 0 Å². The topological polar surface area (TPSA) is 116 Å². The van der Waals surface area contributed by atoms with Crippen molar-refractivity contribution in [3.05, 3.63) is 23.8 Å². The first kappa shape index (κ1) is 11.9. The lowest BCUT2D eigenvalue weighted by Gasteiger charge is -2.26. The van der Waals surface area contributed by atoms with Gasteiger partial charge in [-0.15, -0.1) is 0 Å². The molecule has 0 aromatic heterocycles. The molecule has 1 amide bonds. The minimum Gasteiger partial charge on any atom is -0.481 e. The highest BCUT2D eigenvalue weighted by Crippen LogP contribution is 2.31. The number of carbonyl (C=O) groups excluding carboxylic acids is 1. The van der Waals surface area contributed by atoms with Crippen LogP contribution in [0.2, 0.25) is 0 Å². The highest BCUT2D eigenvalue weighted by atomic mass is 16.4. The first-order valence-corrected chi connectivity index (χ1v) is 5.14. The lowest BCUT2D eigenvalue weighted by atomic mass is 10.0. The average molecular weight is 250 g/mol. The third-order valence-corrected chi connectivity index (χ3v) is 2.57. The Labute approximate surface area is 101 Å². The third kappa shape index (κ3) is 2.10. The number of aliphatic carboxylic acids is 1. The van der Waals surface area contributed by atoms with Crippen LogP contribution in [0.5, 0.6) is 0 Å². The number of fused-ring (bicyclic) bond motifs is 1. The van der Waals surface area contributed by atoms with Gasteiger partial charge in [0.05, 0.1) is 23.4 Å². The molecule has 18 heavy (non-hydrogen) atoms. The van der Waals surface area contributed by atoms with Crippen molar-refractivity contribution in [3.63, 3.8) is 0 Å². The van der Waals surface area contributed by atoms with E-state index in [1.807, 2.05) is 0 Å². The van der Waals surface area contributed by atoms with Gasteiger partial charge < -0.3 is 20.8 Å². The molecular formula is C11H10N2O5. The van der Waals surface area contributed by atoms with E-state index in [9.17, 15) is 14.4 Å². The number of rotatable bonds is 3. The van der Waals surface area contributed by atoms with E-state index in [0.29, 0.717) is 5.69 Å². The molecule has 1 atom stereocenters. The Morgan fingerprint density at radius 2 is 2.00 bits per heavy atom. The fraction of sp³-hybridized carbons (Fsp3) is 0.182. The van der Waals surface area contributed by atoms with Crippen LogP contribution in [0.1, 0.15) is 16.8 Å². The van der Waals surface area contributed by atoms with Crippen LogP contribution in [0, 0.1) is 0 Å². The summed E-state index contributed by atoms with van der Waals surface area (Å²) in [6, 6.07) is 3.45. The van der Waals surface area contributed by atoms with Gasteiger partial charge in [-0.2, -0.15) is 0 Å². The van der Waals surface area contributed by atoms with Crippen molar-refractivity contribution in [2.45, 2.75) is 12.5 Å². The van der Waals surface area contributed by atoms with E-state index < -0.39 is 30.3 Å². The Bertz CT molecular complexity index is 540. The SMILES string of the molecule is O=C(O)CC1Nc2c(cccc2C(=O)O)NC1=O. The Hall–Kier alpha value is -2.57.